The molecule has 0 atom stereocenters. The molecule has 74 valence electrons. The molecule has 0 saturated heterocycles. The van der Waals surface area contributed by atoms with E-state index in [1.54, 1.807) is 0 Å². The first-order valence-corrected chi connectivity index (χ1v) is 4.58. The number of nitrogens with zero attached hydrogens (tertiary/aromatic N) is 1. The second-order valence-electron chi connectivity index (χ2n) is 5.31. The summed E-state index contributed by atoms with van der Waals surface area (Å²) in [5.41, 5.74) is 0.445. The molecule has 0 radical (unpaired) electrons. The molecule has 0 fully saturated rings. The highest BCUT2D eigenvalue weighted by atomic mass is 15.2. The SMILES string of the molecule is CN(C)C(C)(C)CNC(C)(C)C. The van der Waals surface area contributed by atoms with E-state index in [1.165, 1.54) is 0 Å². The lowest BCUT2D eigenvalue weighted by Gasteiger charge is -2.35. The summed E-state index contributed by atoms with van der Waals surface area (Å²) < 4.78 is 0. The van der Waals surface area contributed by atoms with Crippen molar-refractivity contribution in [2.45, 2.75) is 45.7 Å². The molecule has 0 rings (SSSR count). The molecule has 0 heterocycles. The number of hydrogen-bond donors (Lipinski definition) is 1. The molecule has 12 heavy (non-hydrogen) atoms. The normalized spacial score (nSPS) is 14.0. The average molecular weight is 172 g/mol. The first-order chi connectivity index (χ1) is 5.15. The Hall–Kier alpha value is -0.0800. The van der Waals surface area contributed by atoms with Crippen LogP contribution in [0.25, 0.3) is 0 Å². The number of rotatable bonds is 3. The summed E-state index contributed by atoms with van der Waals surface area (Å²) in [5.74, 6) is 0. The third-order valence-corrected chi connectivity index (χ3v) is 2.26. The standard InChI is InChI=1S/C10H24N2/c1-9(2,3)11-8-10(4,5)12(6)7/h11H,8H2,1-7H3. The van der Waals surface area contributed by atoms with E-state index >= 15 is 0 Å². The second kappa shape index (κ2) is 3.75. The topological polar surface area (TPSA) is 15.3 Å². The van der Waals surface area contributed by atoms with Crippen LogP contribution in [0.2, 0.25) is 0 Å². The van der Waals surface area contributed by atoms with Gasteiger partial charge in [-0.2, -0.15) is 0 Å². The largest absolute Gasteiger partial charge is 0.310 e. The Bertz CT molecular complexity index is 131. The molecule has 0 aromatic rings. The highest BCUT2D eigenvalue weighted by Gasteiger charge is 2.22. The minimum atomic E-state index is 0.216. The first-order valence-electron chi connectivity index (χ1n) is 4.58. The van der Waals surface area contributed by atoms with Crippen molar-refractivity contribution in [2.75, 3.05) is 20.6 Å². The van der Waals surface area contributed by atoms with E-state index in [2.05, 4.69) is 58.9 Å². The summed E-state index contributed by atoms with van der Waals surface area (Å²) in [6.45, 7) is 12.1. The van der Waals surface area contributed by atoms with Crippen LogP contribution >= 0.6 is 0 Å². The minimum absolute atomic E-state index is 0.216. The molecule has 0 unspecified atom stereocenters. The molecular weight excluding hydrogens is 148 g/mol. The Morgan fingerprint density at radius 3 is 1.67 bits per heavy atom. The predicted molar refractivity (Wildman–Crippen MR) is 55.5 cm³/mol. The van der Waals surface area contributed by atoms with Crippen molar-refractivity contribution in [1.82, 2.24) is 10.2 Å². The molecule has 0 bridgehead atoms. The summed E-state index contributed by atoms with van der Waals surface area (Å²) in [6.07, 6.45) is 0. The molecule has 1 N–H and O–H groups in total. The van der Waals surface area contributed by atoms with Gasteiger partial charge in [0.25, 0.3) is 0 Å². The van der Waals surface area contributed by atoms with Crippen molar-refractivity contribution < 1.29 is 0 Å². The highest BCUT2D eigenvalue weighted by molar-refractivity contribution is 4.83. The monoisotopic (exact) mass is 172 g/mol. The van der Waals surface area contributed by atoms with E-state index in [-0.39, 0.29) is 11.1 Å². The highest BCUT2D eigenvalue weighted by Crippen LogP contribution is 2.10. The molecule has 2 heteroatoms. The number of likely N-dealkylation sites (N-methyl/N-ethyl adjacent to an activating group) is 1. The van der Waals surface area contributed by atoms with Gasteiger partial charge in [0.2, 0.25) is 0 Å². The van der Waals surface area contributed by atoms with Gasteiger partial charge in [-0.05, 0) is 48.7 Å². The molecule has 0 amide bonds. The molecular formula is C10H24N2. The Balaban J connectivity index is 3.93. The van der Waals surface area contributed by atoms with Gasteiger partial charge in [-0.25, -0.2) is 0 Å². The van der Waals surface area contributed by atoms with Crippen molar-refractivity contribution in [3.8, 4) is 0 Å². The van der Waals surface area contributed by atoms with E-state index in [0.717, 1.165) is 6.54 Å². The Kier molecular flexibility index (Phi) is 3.73. The van der Waals surface area contributed by atoms with Crippen molar-refractivity contribution in [2.24, 2.45) is 0 Å². The van der Waals surface area contributed by atoms with Gasteiger partial charge < -0.3 is 10.2 Å². The van der Waals surface area contributed by atoms with Gasteiger partial charge >= 0.3 is 0 Å². The Labute approximate surface area is 77.3 Å². The van der Waals surface area contributed by atoms with Gasteiger partial charge in [0.1, 0.15) is 0 Å². The van der Waals surface area contributed by atoms with Crippen LogP contribution in [-0.2, 0) is 0 Å². The van der Waals surface area contributed by atoms with Crippen molar-refractivity contribution in [3.05, 3.63) is 0 Å². The van der Waals surface area contributed by atoms with Gasteiger partial charge in [0.15, 0.2) is 0 Å². The number of hydrogen-bond acceptors (Lipinski definition) is 2. The van der Waals surface area contributed by atoms with Gasteiger partial charge in [-0.3, -0.25) is 0 Å². The van der Waals surface area contributed by atoms with Crippen LogP contribution < -0.4 is 5.32 Å². The summed E-state index contributed by atoms with van der Waals surface area (Å²) in [6, 6.07) is 0. The molecule has 0 aromatic heterocycles. The van der Waals surface area contributed by atoms with Crippen LogP contribution in [0.3, 0.4) is 0 Å². The van der Waals surface area contributed by atoms with E-state index in [0.29, 0.717) is 0 Å². The fraction of sp³-hybridized carbons (Fsp3) is 1.00. The lowest BCUT2D eigenvalue weighted by Crippen LogP contribution is -2.51. The molecule has 0 aliphatic rings. The molecule has 0 aliphatic carbocycles. The zero-order valence-electron chi connectivity index (χ0n) is 9.65. The van der Waals surface area contributed by atoms with Gasteiger partial charge in [-0.1, -0.05) is 0 Å². The van der Waals surface area contributed by atoms with Gasteiger partial charge in [-0.15, -0.1) is 0 Å². The summed E-state index contributed by atoms with van der Waals surface area (Å²) >= 11 is 0. The Morgan fingerprint density at radius 1 is 1.00 bits per heavy atom. The maximum absolute atomic E-state index is 3.50. The van der Waals surface area contributed by atoms with Crippen LogP contribution in [0.5, 0.6) is 0 Å². The van der Waals surface area contributed by atoms with Crippen LogP contribution in [0, 0.1) is 0 Å². The van der Waals surface area contributed by atoms with Gasteiger partial charge in [0.05, 0.1) is 0 Å². The van der Waals surface area contributed by atoms with Gasteiger partial charge in [0, 0.05) is 17.6 Å². The number of nitrogens with one attached hydrogen (secondary N) is 1. The van der Waals surface area contributed by atoms with E-state index in [4.69, 9.17) is 0 Å². The summed E-state index contributed by atoms with van der Waals surface area (Å²) in [4.78, 5) is 2.24. The lowest BCUT2D eigenvalue weighted by atomic mass is 10.0. The predicted octanol–water partition coefficient (Wildman–Crippen LogP) is 1.71. The zero-order valence-corrected chi connectivity index (χ0v) is 9.65. The average Bonchev–Trinajstić information content (AvgIpc) is 1.82. The third kappa shape index (κ3) is 4.73. The summed E-state index contributed by atoms with van der Waals surface area (Å²) in [5, 5.41) is 3.50. The third-order valence-electron chi connectivity index (χ3n) is 2.26. The smallest absolute Gasteiger partial charge is 0.0271 e. The van der Waals surface area contributed by atoms with Crippen LogP contribution in [0.1, 0.15) is 34.6 Å². The molecule has 0 spiro atoms. The Morgan fingerprint density at radius 2 is 1.42 bits per heavy atom. The van der Waals surface area contributed by atoms with Crippen molar-refractivity contribution >= 4 is 0 Å². The van der Waals surface area contributed by atoms with E-state index in [9.17, 15) is 0 Å². The first kappa shape index (κ1) is 11.9. The minimum Gasteiger partial charge on any atom is -0.310 e. The molecule has 0 aliphatic heterocycles. The molecule has 2 nitrogen and oxygen atoms in total. The maximum atomic E-state index is 3.50. The van der Waals surface area contributed by atoms with Crippen molar-refractivity contribution in [3.63, 3.8) is 0 Å². The van der Waals surface area contributed by atoms with E-state index < -0.39 is 0 Å². The second-order valence-corrected chi connectivity index (χ2v) is 5.31. The quantitative estimate of drug-likeness (QED) is 0.697. The molecule has 0 saturated carbocycles. The zero-order chi connectivity index (χ0) is 9.99. The fourth-order valence-corrected chi connectivity index (χ4v) is 0.640. The summed E-state index contributed by atoms with van der Waals surface area (Å²) in [7, 11) is 4.23. The maximum Gasteiger partial charge on any atom is 0.0271 e. The van der Waals surface area contributed by atoms with Crippen LogP contribution in [-0.4, -0.2) is 36.6 Å². The van der Waals surface area contributed by atoms with Crippen LogP contribution in [0.4, 0.5) is 0 Å². The van der Waals surface area contributed by atoms with Crippen molar-refractivity contribution in [1.29, 1.82) is 0 Å². The van der Waals surface area contributed by atoms with Crippen LogP contribution in [0.15, 0.2) is 0 Å². The van der Waals surface area contributed by atoms with E-state index in [1.807, 2.05) is 0 Å². The lowest BCUT2D eigenvalue weighted by molar-refractivity contribution is 0.176. The molecule has 0 aromatic carbocycles. The fourth-order valence-electron chi connectivity index (χ4n) is 0.640.